The molecule has 0 spiro atoms. The number of benzene rings is 2. The number of halogens is 2. The van der Waals surface area contributed by atoms with Crippen LogP contribution < -0.4 is 9.05 Å². The summed E-state index contributed by atoms with van der Waals surface area (Å²) in [6, 6.07) is 10.1. The summed E-state index contributed by atoms with van der Waals surface area (Å²) in [6.45, 7) is 5.33. The van der Waals surface area contributed by atoms with E-state index in [2.05, 4.69) is 0 Å². The lowest BCUT2D eigenvalue weighted by Crippen LogP contribution is -2.21. The fourth-order valence-electron chi connectivity index (χ4n) is 2.02. The zero-order valence-electron chi connectivity index (χ0n) is 13.2. The van der Waals surface area contributed by atoms with Gasteiger partial charge in [-0.1, -0.05) is 35.0 Å². The summed E-state index contributed by atoms with van der Waals surface area (Å²) in [4.78, 5) is 1.40. The van der Waals surface area contributed by atoms with Crippen LogP contribution in [0.4, 0.5) is 0 Å². The Morgan fingerprint density at radius 2 is 1.42 bits per heavy atom. The van der Waals surface area contributed by atoms with Crippen LogP contribution in [0.3, 0.4) is 0 Å². The van der Waals surface area contributed by atoms with Crippen LogP contribution >= 0.6 is 42.8 Å². The maximum atomic E-state index is 13.2. The third-order valence-electron chi connectivity index (χ3n) is 2.84. The fourth-order valence-corrected chi connectivity index (χ4v) is 5.23. The largest absolute Gasteiger partial charge is 0.588 e. The van der Waals surface area contributed by atoms with Gasteiger partial charge in [-0.3, -0.25) is 4.52 Å². The van der Waals surface area contributed by atoms with E-state index < -0.39 is 13.4 Å². The minimum atomic E-state index is -3.90. The molecule has 1 heterocycles. The van der Waals surface area contributed by atoms with E-state index in [9.17, 15) is 4.57 Å². The molecule has 0 radical (unpaired) electrons. The normalized spacial score (nSPS) is 16.0. The Kier molecular flexibility index (Phi) is 4.84. The molecule has 0 fully saturated rings. The molecular weight excluding hydrogens is 390 g/mol. The van der Waals surface area contributed by atoms with Crippen LogP contribution in [0.1, 0.15) is 20.8 Å². The third kappa shape index (κ3) is 4.22. The van der Waals surface area contributed by atoms with E-state index in [-0.39, 0.29) is 0 Å². The van der Waals surface area contributed by atoms with Crippen LogP contribution in [0, 0.1) is 0 Å². The van der Waals surface area contributed by atoms with Crippen LogP contribution in [-0.4, -0.2) is 5.60 Å². The van der Waals surface area contributed by atoms with Gasteiger partial charge in [-0.2, -0.15) is 0 Å². The molecule has 1 aliphatic heterocycles. The Morgan fingerprint density at radius 3 is 1.83 bits per heavy atom. The standard InChI is InChI=1S/C16H15Cl2O4PS/c1-16(2,3)22-23(19)20-12-6-4-10(17)8-14(12)24-15-9-11(18)5-7-13(15)21-23/h4-9H,1-3H3. The van der Waals surface area contributed by atoms with Gasteiger partial charge >= 0.3 is 7.82 Å². The summed E-state index contributed by atoms with van der Waals surface area (Å²) in [7, 11) is -3.90. The number of rotatable bonds is 1. The lowest BCUT2D eigenvalue weighted by atomic mass is 10.2. The van der Waals surface area contributed by atoms with Crippen LogP contribution in [0.15, 0.2) is 46.2 Å². The van der Waals surface area contributed by atoms with Gasteiger partial charge in [0.15, 0.2) is 0 Å². The van der Waals surface area contributed by atoms with Gasteiger partial charge in [0.05, 0.1) is 15.4 Å². The third-order valence-corrected chi connectivity index (χ3v) is 6.00. The lowest BCUT2D eigenvalue weighted by Gasteiger charge is -2.29. The van der Waals surface area contributed by atoms with Gasteiger partial charge in [0.25, 0.3) is 0 Å². The minimum Gasteiger partial charge on any atom is -0.394 e. The van der Waals surface area contributed by atoms with Crippen molar-refractivity contribution in [1.29, 1.82) is 0 Å². The van der Waals surface area contributed by atoms with E-state index in [1.165, 1.54) is 11.8 Å². The van der Waals surface area contributed by atoms with Crippen LogP contribution in [-0.2, 0) is 9.09 Å². The summed E-state index contributed by atoms with van der Waals surface area (Å²) in [5, 5.41) is 1.09. The second kappa shape index (κ2) is 6.47. The molecule has 0 aliphatic carbocycles. The van der Waals surface area contributed by atoms with E-state index in [4.69, 9.17) is 36.8 Å². The van der Waals surface area contributed by atoms with Gasteiger partial charge in [0.2, 0.25) is 0 Å². The van der Waals surface area contributed by atoms with Gasteiger partial charge in [-0.05, 0) is 57.2 Å². The molecule has 0 atom stereocenters. The molecule has 128 valence electrons. The quantitative estimate of drug-likeness (QED) is 0.486. The zero-order chi connectivity index (χ0) is 17.5. The maximum Gasteiger partial charge on any atom is 0.588 e. The number of phosphoric acid groups is 1. The highest BCUT2D eigenvalue weighted by atomic mass is 35.5. The second-order valence-corrected chi connectivity index (χ2v) is 9.52. The van der Waals surface area contributed by atoms with Crippen molar-refractivity contribution in [3.05, 3.63) is 46.4 Å². The molecule has 0 amide bonds. The highest BCUT2D eigenvalue weighted by Gasteiger charge is 2.39. The molecule has 2 aromatic carbocycles. The Hall–Kier alpha value is -0.840. The summed E-state index contributed by atoms with van der Waals surface area (Å²) in [5.41, 5.74) is -0.721. The van der Waals surface area contributed by atoms with Crippen molar-refractivity contribution in [2.75, 3.05) is 0 Å². The smallest absolute Gasteiger partial charge is 0.394 e. The van der Waals surface area contributed by atoms with Crippen LogP contribution in [0.5, 0.6) is 11.5 Å². The number of hydrogen-bond acceptors (Lipinski definition) is 5. The van der Waals surface area contributed by atoms with Gasteiger partial charge in [-0.15, -0.1) is 0 Å². The van der Waals surface area contributed by atoms with E-state index in [1.807, 2.05) is 0 Å². The molecule has 2 aromatic rings. The molecule has 8 heteroatoms. The highest BCUT2D eigenvalue weighted by molar-refractivity contribution is 7.99. The lowest BCUT2D eigenvalue weighted by molar-refractivity contribution is 0.0871. The van der Waals surface area contributed by atoms with Crippen molar-refractivity contribution in [2.45, 2.75) is 36.2 Å². The number of phosphoric ester groups is 1. The van der Waals surface area contributed by atoms with Gasteiger partial charge in [0.1, 0.15) is 11.5 Å². The molecule has 0 unspecified atom stereocenters. The van der Waals surface area contributed by atoms with E-state index >= 15 is 0 Å². The van der Waals surface area contributed by atoms with Gasteiger partial charge in [0, 0.05) is 10.0 Å². The number of hydrogen-bond donors (Lipinski definition) is 0. The van der Waals surface area contributed by atoms with E-state index in [0.29, 0.717) is 31.3 Å². The molecule has 0 aromatic heterocycles. The summed E-state index contributed by atoms with van der Waals surface area (Å²) < 4.78 is 30.1. The molecular formula is C16H15Cl2O4PS. The average Bonchev–Trinajstić information content (AvgIpc) is 2.41. The monoisotopic (exact) mass is 404 g/mol. The zero-order valence-corrected chi connectivity index (χ0v) is 16.4. The Balaban J connectivity index is 2.14. The van der Waals surface area contributed by atoms with Crippen molar-refractivity contribution in [3.8, 4) is 11.5 Å². The topological polar surface area (TPSA) is 44.8 Å². The SMILES string of the molecule is CC(C)(C)OP1(=O)Oc2ccc(Cl)cc2Sc2cc(Cl)ccc2O1. The Morgan fingerprint density at radius 1 is 0.958 bits per heavy atom. The Bertz CT molecular complexity index is 778. The summed E-state index contributed by atoms with van der Waals surface area (Å²) in [6.07, 6.45) is 0. The minimum absolute atomic E-state index is 0.377. The predicted molar refractivity (Wildman–Crippen MR) is 96.7 cm³/mol. The van der Waals surface area contributed by atoms with Crippen LogP contribution in [0.25, 0.3) is 0 Å². The van der Waals surface area contributed by atoms with Crippen molar-refractivity contribution in [1.82, 2.24) is 0 Å². The first-order chi connectivity index (χ1) is 11.1. The van der Waals surface area contributed by atoms with Crippen LogP contribution in [0.2, 0.25) is 10.0 Å². The maximum absolute atomic E-state index is 13.2. The molecule has 0 saturated carbocycles. The number of fused-ring (bicyclic) bond motifs is 2. The molecule has 0 saturated heterocycles. The van der Waals surface area contributed by atoms with Gasteiger partial charge in [-0.25, -0.2) is 4.57 Å². The Labute approximate surface area is 155 Å². The molecule has 0 bridgehead atoms. The van der Waals surface area contributed by atoms with E-state index in [1.54, 1.807) is 57.2 Å². The van der Waals surface area contributed by atoms with Crippen molar-refractivity contribution < 1.29 is 18.1 Å². The molecule has 3 rings (SSSR count). The molecule has 24 heavy (non-hydrogen) atoms. The molecule has 1 aliphatic rings. The van der Waals surface area contributed by atoms with Crippen molar-refractivity contribution >= 4 is 42.8 Å². The highest BCUT2D eigenvalue weighted by Crippen LogP contribution is 2.58. The second-order valence-electron chi connectivity index (χ2n) is 6.12. The summed E-state index contributed by atoms with van der Waals surface area (Å²) in [5.74, 6) is 0.755. The van der Waals surface area contributed by atoms with Gasteiger partial charge < -0.3 is 9.05 Å². The predicted octanol–water partition coefficient (Wildman–Crippen LogP) is 6.84. The average molecular weight is 405 g/mol. The first-order valence-corrected chi connectivity index (χ1v) is 10.1. The summed E-state index contributed by atoms with van der Waals surface area (Å²) >= 11 is 13.5. The van der Waals surface area contributed by atoms with Crippen molar-refractivity contribution in [3.63, 3.8) is 0 Å². The van der Waals surface area contributed by atoms with E-state index in [0.717, 1.165) is 0 Å². The molecule has 0 N–H and O–H groups in total. The fraction of sp³-hybridized carbons (Fsp3) is 0.250. The first kappa shape index (κ1) is 18.0. The van der Waals surface area contributed by atoms with Crippen molar-refractivity contribution in [2.24, 2.45) is 0 Å². The molecule has 4 nitrogen and oxygen atoms in total. The first-order valence-electron chi connectivity index (χ1n) is 7.10.